The van der Waals surface area contributed by atoms with Gasteiger partial charge < -0.3 is 20.1 Å². The Bertz CT molecular complexity index is 970. The number of amides is 2. The van der Waals surface area contributed by atoms with Crippen LogP contribution in [0.3, 0.4) is 0 Å². The minimum Gasteiger partial charge on any atom is -0.491 e. The molecule has 0 spiro atoms. The van der Waals surface area contributed by atoms with Crippen LogP contribution in [0.25, 0.3) is 0 Å². The number of nitriles is 1. The first-order valence-corrected chi connectivity index (χ1v) is 12.1. The number of carbonyl (C=O) groups is 3. The molecule has 0 aliphatic carbocycles. The zero-order valence-electron chi connectivity index (χ0n) is 18.5. The standard InChI is InChI=1S/C22H25Cl2N3O5S/c1-4-6-7-26-16(28)11-33-21-13(10-25)17(18(20(29)27-21)22(30)31-3)12-8-14(23)19(32-5-2)15(24)9-12/h8-9,17-18H,4-7,11H2,1-3H3,(H,26,28)(H,27,29)/t17-,18+/m0/s1. The molecule has 11 heteroatoms. The maximum Gasteiger partial charge on any atom is 0.319 e. The van der Waals surface area contributed by atoms with Crippen LogP contribution in [0.2, 0.25) is 10.0 Å². The van der Waals surface area contributed by atoms with Crippen molar-refractivity contribution >= 4 is 52.7 Å². The number of hydrogen-bond donors (Lipinski definition) is 2. The second kappa shape index (κ2) is 12.7. The van der Waals surface area contributed by atoms with Crippen LogP contribution in [-0.4, -0.2) is 43.8 Å². The van der Waals surface area contributed by atoms with Crippen molar-refractivity contribution in [2.24, 2.45) is 5.92 Å². The minimum absolute atomic E-state index is 0.00902. The summed E-state index contributed by atoms with van der Waals surface area (Å²) in [5.41, 5.74) is 0.480. The fraction of sp³-hybridized carbons (Fsp3) is 0.455. The van der Waals surface area contributed by atoms with Gasteiger partial charge in [0, 0.05) is 12.5 Å². The van der Waals surface area contributed by atoms with E-state index in [1.165, 1.54) is 12.1 Å². The Hall–Kier alpha value is -2.41. The molecule has 1 aliphatic heterocycles. The number of esters is 1. The Morgan fingerprint density at radius 1 is 1.27 bits per heavy atom. The molecule has 0 fully saturated rings. The van der Waals surface area contributed by atoms with Crippen LogP contribution in [0.15, 0.2) is 22.7 Å². The first kappa shape index (κ1) is 26.8. The van der Waals surface area contributed by atoms with Gasteiger partial charge in [-0.2, -0.15) is 5.26 Å². The summed E-state index contributed by atoms with van der Waals surface area (Å²) in [5.74, 6) is -3.78. The third-order valence-corrected chi connectivity index (χ3v) is 6.43. The summed E-state index contributed by atoms with van der Waals surface area (Å²) < 4.78 is 10.3. The molecule has 1 heterocycles. The number of thioether (sulfide) groups is 1. The predicted octanol–water partition coefficient (Wildman–Crippen LogP) is 3.78. The van der Waals surface area contributed by atoms with Crippen LogP contribution in [-0.2, 0) is 19.1 Å². The van der Waals surface area contributed by atoms with E-state index in [-0.39, 0.29) is 38.1 Å². The van der Waals surface area contributed by atoms with Gasteiger partial charge in [-0.15, -0.1) is 0 Å². The highest BCUT2D eigenvalue weighted by Crippen LogP contribution is 2.44. The summed E-state index contributed by atoms with van der Waals surface area (Å²) in [6, 6.07) is 5.09. The van der Waals surface area contributed by atoms with Crippen LogP contribution in [0.5, 0.6) is 5.75 Å². The zero-order chi connectivity index (χ0) is 24.5. The molecule has 0 saturated carbocycles. The lowest BCUT2D eigenvalue weighted by molar-refractivity contribution is -0.150. The number of benzene rings is 1. The Morgan fingerprint density at radius 3 is 2.48 bits per heavy atom. The monoisotopic (exact) mass is 513 g/mol. The third-order valence-electron chi connectivity index (χ3n) is 4.85. The summed E-state index contributed by atoms with van der Waals surface area (Å²) in [7, 11) is 1.16. The lowest BCUT2D eigenvalue weighted by Gasteiger charge is -2.31. The minimum atomic E-state index is -1.34. The van der Waals surface area contributed by atoms with Gasteiger partial charge in [0.25, 0.3) is 0 Å². The highest BCUT2D eigenvalue weighted by molar-refractivity contribution is 8.03. The van der Waals surface area contributed by atoms with E-state index in [1.807, 2.05) is 6.92 Å². The summed E-state index contributed by atoms with van der Waals surface area (Å²) >= 11 is 13.7. The predicted molar refractivity (Wildman–Crippen MR) is 127 cm³/mol. The van der Waals surface area contributed by atoms with Crippen LogP contribution in [0.1, 0.15) is 38.2 Å². The van der Waals surface area contributed by atoms with E-state index in [0.717, 1.165) is 31.7 Å². The number of rotatable bonds is 10. The van der Waals surface area contributed by atoms with Crippen LogP contribution >= 0.6 is 35.0 Å². The van der Waals surface area contributed by atoms with Crippen molar-refractivity contribution in [1.82, 2.24) is 10.6 Å². The molecule has 1 aliphatic rings. The molecule has 1 aromatic carbocycles. The van der Waals surface area contributed by atoms with Crippen molar-refractivity contribution in [1.29, 1.82) is 5.26 Å². The number of halogens is 2. The topological polar surface area (TPSA) is 118 Å². The average Bonchev–Trinajstić information content (AvgIpc) is 2.79. The Morgan fingerprint density at radius 2 is 1.94 bits per heavy atom. The molecule has 178 valence electrons. The molecule has 8 nitrogen and oxygen atoms in total. The smallest absolute Gasteiger partial charge is 0.319 e. The molecule has 1 aromatic rings. The van der Waals surface area contributed by atoms with Crippen LogP contribution < -0.4 is 15.4 Å². The summed E-state index contributed by atoms with van der Waals surface area (Å²) in [4.78, 5) is 37.5. The zero-order valence-corrected chi connectivity index (χ0v) is 20.8. The van der Waals surface area contributed by atoms with Gasteiger partial charge in [0.1, 0.15) is 5.92 Å². The van der Waals surface area contributed by atoms with E-state index in [0.29, 0.717) is 18.7 Å². The number of hydrogen-bond acceptors (Lipinski definition) is 7. The van der Waals surface area contributed by atoms with Crippen LogP contribution in [0, 0.1) is 17.2 Å². The Kier molecular flexibility index (Phi) is 10.4. The van der Waals surface area contributed by atoms with Gasteiger partial charge in [-0.1, -0.05) is 48.3 Å². The van der Waals surface area contributed by atoms with E-state index >= 15 is 0 Å². The first-order chi connectivity index (χ1) is 15.8. The quantitative estimate of drug-likeness (QED) is 0.277. The van der Waals surface area contributed by atoms with Gasteiger partial charge in [-0.05, 0) is 31.0 Å². The highest BCUT2D eigenvalue weighted by atomic mass is 35.5. The fourth-order valence-electron chi connectivity index (χ4n) is 3.31. The molecule has 0 unspecified atom stereocenters. The molecule has 0 saturated heterocycles. The molecular weight excluding hydrogens is 489 g/mol. The molecular formula is C22H25Cl2N3O5S. The van der Waals surface area contributed by atoms with Gasteiger partial charge in [0.2, 0.25) is 11.8 Å². The lowest BCUT2D eigenvalue weighted by atomic mass is 9.78. The number of unbranched alkanes of at least 4 members (excludes halogenated alkanes) is 1. The lowest BCUT2D eigenvalue weighted by Crippen LogP contribution is -2.44. The summed E-state index contributed by atoms with van der Waals surface area (Å²) in [6.45, 7) is 4.67. The van der Waals surface area contributed by atoms with E-state index in [2.05, 4.69) is 16.7 Å². The second-order valence-corrected chi connectivity index (χ2v) is 8.86. The molecule has 2 atom stereocenters. The van der Waals surface area contributed by atoms with Crippen LogP contribution in [0.4, 0.5) is 0 Å². The van der Waals surface area contributed by atoms with E-state index in [4.69, 9.17) is 32.7 Å². The SMILES string of the molecule is CCCCNC(=O)CSC1=C(C#N)[C@H](c2cc(Cl)c(OCC)c(Cl)c2)[C@@H](C(=O)OC)C(=O)N1. The molecule has 0 aromatic heterocycles. The normalized spacial score (nSPS) is 17.8. The molecule has 2 N–H and O–H groups in total. The molecule has 2 amide bonds. The van der Waals surface area contributed by atoms with E-state index in [1.54, 1.807) is 6.92 Å². The maximum atomic E-state index is 12.9. The molecule has 0 bridgehead atoms. The van der Waals surface area contributed by atoms with Gasteiger partial charge in [-0.3, -0.25) is 14.4 Å². The van der Waals surface area contributed by atoms with E-state index in [9.17, 15) is 19.6 Å². The third kappa shape index (κ3) is 6.56. The van der Waals surface area contributed by atoms with Crippen molar-refractivity contribution < 1.29 is 23.9 Å². The molecule has 33 heavy (non-hydrogen) atoms. The Labute approximate surface area is 207 Å². The van der Waals surface area contributed by atoms with E-state index < -0.39 is 23.7 Å². The van der Waals surface area contributed by atoms with Crippen molar-refractivity contribution in [3.63, 3.8) is 0 Å². The van der Waals surface area contributed by atoms with Gasteiger partial charge >= 0.3 is 5.97 Å². The summed E-state index contributed by atoms with van der Waals surface area (Å²) in [5, 5.41) is 15.9. The van der Waals surface area contributed by atoms with Gasteiger partial charge in [0.15, 0.2) is 5.75 Å². The largest absolute Gasteiger partial charge is 0.491 e. The fourth-order valence-corrected chi connectivity index (χ4v) is 4.81. The van der Waals surface area contributed by atoms with Gasteiger partial charge in [0.05, 0.1) is 46.2 Å². The number of nitrogens with zero attached hydrogens (tertiary/aromatic N) is 1. The highest BCUT2D eigenvalue weighted by Gasteiger charge is 2.44. The number of allylic oxidation sites excluding steroid dienone is 1. The van der Waals surface area contributed by atoms with Crippen molar-refractivity contribution in [2.75, 3.05) is 26.0 Å². The number of ether oxygens (including phenoxy) is 2. The number of methoxy groups -OCH3 is 1. The second-order valence-electron chi connectivity index (χ2n) is 7.06. The molecule has 0 radical (unpaired) electrons. The van der Waals surface area contributed by atoms with Crippen molar-refractivity contribution in [3.05, 3.63) is 38.3 Å². The number of nitrogens with one attached hydrogen (secondary N) is 2. The van der Waals surface area contributed by atoms with Crippen molar-refractivity contribution in [2.45, 2.75) is 32.6 Å². The average molecular weight is 514 g/mol. The number of carbonyl (C=O) groups excluding carboxylic acids is 3. The first-order valence-electron chi connectivity index (χ1n) is 10.3. The Balaban J connectivity index is 2.48. The summed E-state index contributed by atoms with van der Waals surface area (Å²) in [6.07, 6.45) is 1.79. The van der Waals surface area contributed by atoms with Crippen molar-refractivity contribution in [3.8, 4) is 11.8 Å². The molecule has 2 rings (SSSR count). The maximum absolute atomic E-state index is 12.9. The van der Waals surface area contributed by atoms with Gasteiger partial charge in [-0.25, -0.2) is 0 Å².